The van der Waals surface area contributed by atoms with Crippen LogP contribution < -0.4 is 5.32 Å². The first-order valence-corrected chi connectivity index (χ1v) is 4.15. The molecule has 0 amide bonds. The van der Waals surface area contributed by atoms with Crippen molar-refractivity contribution in [2.45, 2.75) is 19.4 Å². The van der Waals surface area contributed by atoms with E-state index in [2.05, 4.69) is 24.3 Å². The summed E-state index contributed by atoms with van der Waals surface area (Å²) >= 11 is 0. The van der Waals surface area contributed by atoms with Gasteiger partial charge in [0.15, 0.2) is 0 Å². The summed E-state index contributed by atoms with van der Waals surface area (Å²) in [6.45, 7) is 4.29. The summed E-state index contributed by atoms with van der Waals surface area (Å²) < 4.78 is 0. The molecule has 0 aromatic carbocycles. The molecule has 0 heterocycles. The van der Waals surface area contributed by atoms with Gasteiger partial charge in [-0.25, -0.2) is 0 Å². The normalized spacial score (nSPS) is 13.9. The highest BCUT2D eigenvalue weighted by Gasteiger charge is 1.96. The van der Waals surface area contributed by atoms with E-state index in [-0.39, 0.29) is 12.6 Å². The molecule has 0 spiro atoms. The summed E-state index contributed by atoms with van der Waals surface area (Å²) in [5, 5.41) is 11.9. The number of nitrogens with one attached hydrogen (secondary N) is 1. The fourth-order valence-electron chi connectivity index (χ4n) is 0.808. The van der Waals surface area contributed by atoms with Gasteiger partial charge < -0.3 is 15.3 Å². The van der Waals surface area contributed by atoms with E-state index in [1.807, 2.05) is 6.92 Å². The maximum atomic E-state index is 8.67. The first-order valence-electron chi connectivity index (χ1n) is 4.15. The molecule has 0 radical (unpaired) electrons. The Bertz CT molecular complexity index is 86.2. The van der Waals surface area contributed by atoms with Crippen LogP contribution in [-0.4, -0.2) is 49.8 Å². The van der Waals surface area contributed by atoms with E-state index < -0.39 is 0 Å². The number of rotatable bonds is 6. The minimum Gasteiger partial charge on any atom is -0.395 e. The average molecular weight is 160 g/mol. The lowest BCUT2D eigenvalue weighted by Gasteiger charge is -2.12. The second-order valence-corrected chi connectivity index (χ2v) is 3.19. The van der Waals surface area contributed by atoms with Crippen molar-refractivity contribution in [3.05, 3.63) is 0 Å². The first-order chi connectivity index (χ1) is 5.16. The monoisotopic (exact) mass is 160 g/mol. The fourth-order valence-corrected chi connectivity index (χ4v) is 0.808. The fraction of sp³-hybridized carbons (Fsp3) is 1.00. The van der Waals surface area contributed by atoms with Gasteiger partial charge in [0.2, 0.25) is 0 Å². The van der Waals surface area contributed by atoms with E-state index in [9.17, 15) is 0 Å². The van der Waals surface area contributed by atoms with E-state index in [0.29, 0.717) is 0 Å². The van der Waals surface area contributed by atoms with Gasteiger partial charge in [-0.05, 0) is 40.5 Å². The third-order valence-electron chi connectivity index (χ3n) is 1.55. The van der Waals surface area contributed by atoms with Crippen LogP contribution >= 0.6 is 0 Å². The van der Waals surface area contributed by atoms with Crippen molar-refractivity contribution in [3.63, 3.8) is 0 Å². The molecule has 3 heteroatoms. The van der Waals surface area contributed by atoms with E-state index in [0.717, 1.165) is 19.5 Å². The zero-order chi connectivity index (χ0) is 8.69. The van der Waals surface area contributed by atoms with Crippen molar-refractivity contribution < 1.29 is 5.11 Å². The van der Waals surface area contributed by atoms with Gasteiger partial charge in [-0.3, -0.25) is 0 Å². The molecule has 0 bridgehead atoms. The zero-order valence-electron chi connectivity index (χ0n) is 7.80. The van der Waals surface area contributed by atoms with Gasteiger partial charge in [0.1, 0.15) is 0 Å². The Hall–Kier alpha value is -0.120. The maximum absolute atomic E-state index is 8.67. The molecule has 0 aromatic rings. The molecule has 0 aliphatic heterocycles. The molecule has 1 atom stereocenters. The predicted octanol–water partition coefficient (Wildman–Crippen LogP) is -0.0915. The van der Waals surface area contributed by atoms with Gasteiger partial charge >= 0.3 is 0 Å². The lowest BCUT2D eigenvalue weighted by atomic mass is 10.3. The van der Waals surface area contributed by atoms with E-state index in [1.165, 1.54) is 0 Å². The van der Waals surface area contributed by atoms with Gasteiger partial charge in [0.05, 0.1) is 6.61 Å². The van der Waals surface area contributed by atoms with Crippen LogP contribution in [0.5, 0.6) is 0 Å². The summed E-state index contributed by atoms with van der Waals surface area (Å²) in [4.78, 5) is 2.16. The van der Waals surface area contributed by atoms with Crippen molar-refractivity contribution >= 4 is 0 Å². The summed E-state index contributed by atoms with van der Waals surface area (Å²) in [6.07, 6.45) is 1.14. The highest BCUT2D eigenvalue weighted by atomic mass is 16.3. The minimum atomic E-state index is 0.224. The van der Waals surface area contributed by atoms with Crippen molar-refractivity contribution in [1.82, 2.24) is 10.2 Å². The summed E-state index contributed by atoms with van der Waals surface area (Å²) in [5.41, 5.74) is 0. The van der Waals surface area contributed by atoms with Crippen molar-refractivity contribution in [2.24, 2.45) is 0 Å². The molecule has 0 rings (SSSR count). The van der Waals surface area contributed by atoms with Gasteiger partial charge in [-0.2, -0.15) is 0 Å². The van der Waals surface area contributed by atoms with Crippen LogP contribution in [0.25, 0.3) is 0 Å². The number of aliphatic hydroxyl groups excluding tert-OH is 1. The lowest BCUT2D eigenvalue weighted by Crippen LogP contribution is -2.31. The van der Waals surface area contributed by atoms with Crippen molar-refractivity contribution in [3.8, 4) is 0 Å². The van der Waals surface area contributed by atoms with Crippen molar-refractivity contribution in [2.75, 3.05) is 33.8 Å². The summed E-state index contributed by atoms with van der Waals surface area (Å²) in [7, 11) is 4.13. The quantitative estimate of drug-likeness (QED) is 0.533. The third-order valence-corrected chi connectivity index (χ3v) is 1.55. The summed E-state index contributed by atoms with van der Waals surface area (Å²) in [5.74, 6) is 0. The largest absolute Gasteiger partial charge is 0.395 e. The SMILES string of the molecule is CC(CO)NCCCN(C)C. The molecule has 2 N–H and O–H groups in total. The zero-order valence-corrected chi connectivity index (χ0v) is 7.80. The Morgan fingerprint density at radius 2 is 2.09 bits per heavy atom. The molecule has 0 aromatic heterocycles. The van der Waals surface area contributed by atoms with Crippen LogP contribution in [0.3, 0.4) is 0 Å². The minimum absolute atomic E-state index is 0.224. The number of hydrogen-bond acceptors (Lipinski definition) is 3. The molecule has 3 nitrogen and oxygen atoms in total. The van der Waals surface area contributed by atoms with Gasteiger partial charge in [0, 0.05) is 6.04 Å². The molecule has 0 aliphatic carbocycles. The number of hydrogen-bond donors (Lipinski definition) is 2. The predicted molar refractivity (Wildman–Crippen MR) is 47.7 cm³/mol. The number of aliphatic hydroxyl groups is 1. The average Bonchev–Trinajstić information content (AvgIpc) is 1.97. The van der Waals surface area contributed by atoms with Crippen LogP contribution in [0.4, 0.5) is 0 Å². The van der Waals surface area contributed by atoms with Crippen LogP contribution in [0, 0.1) is 0 Å². The molecule has 1 unspecified atom stereocenters. The molecular formula is C8H20N2O. The standard InChI is InChI=1S/C8H20N2O/c1-8(7-11)9-5-4-6-10(2)3/h8-9,11H,4-7H2,1-3H3. The smallest absolute Gasteiger partial charge is 0.0581 e. The van der Waals surface area contributed by atoms with Crippen LogP contribution in [0.15, 0.2) is 0 Å². The van der Waals surface area contributed by atoms with Gasteiger partial charge in [-0.1, -0.05) is 0 Å². The maximum Gasteiger partial charge on any atom is 0.0581 e. The molecule has 0 aliphatic rings. The lowest BCUT2D eigenvalue weighted by molar-refractivity contribution is 0.250. The molecule has 0 saturated carbocycles. The van der Waals surface area contributed by atoms with Gasteiger partial charge in [-0.15, -0.1) is 0 Å². The van der Waals surface area contributed by atoms with E-state index >= 15 is 0 Å². The molecule has 0 saturated heterocycles. The second kappa shape index (κ2) is 6.58. The number of nitrogens with zero attached hydrogens (tertiary/aromatic N) is 1. The van der Waals surface area contributed by atoms with Crippen molar-refractivity contribution in [1.29, 1.82) is 0 Å². The molecule has 11 heavy (non-hydrogen) atoms. The molecule has 0 fully saturated rings. The Balaban J connectivity index is 3.01. The molecule has 68 valence electrons. The first kappa shape index (κ1) is 10.9. The Kier molecular flexibility index (Phi) is 6.51. The van der Waals surface area contributed by atoms with Crippen LogP contribution in [-0.2, 0) is 0 Å². The molecular weight excluding hydrogens is 140 g/mol. The van der Waals surface area contributed by atoms with Gasteiger partial charge in [0.25, 0.3) is 0 Å². The van der Waals surface area contributed by atoms with Crippen LogP contribution in [0.1, 0.15) is 13.3 Å². The van der Waals surface area contributed by atoms with Crippen LogP contribution in [0.2, 0.25) is 0 Å². The highest BCUT2D eigenvalue weighted by molar-refractivity contribution is 4.58. The highest BCUT2D eigenvalue weighted by Crippen LogP contribution is 1.83. The van der Waals surface area contributed by atoms with E-state index in [4.69, 9.17) is 5.11 Å². The Morgan fingerprint density at radius 1 is 1.45 bits per heavy atom. The Morgan fingerprint density at radius 3 is 2.55 bits per heavy atom. The second-order valence-electron chi connectivity index (χ2n) is 3.19. The topological polar surface area (TPSA) is 35.5 Å². The summed E-state index contributed by atoms with van der Waals surface area (Å²) in [6, 6.07) is 0.233. The third kappa shape index (κ3) is 7.78. The van der Waals surface area contributed by atoms with E-state index in [1.54, 1.807) is 0 Å². The Labute approximate surface area is 69.4 Å².